The second-order valence-electron chi connectivity index (χ2n) is 5.64. The zero-order valence-electron chi connectivity index (χ0n) is 13.4. The van der Waals surface area contributed by atoms with Crippen LogP contribution in [0.25, 0.3) is 17.2 Å². The van der Waals surface area contributed by atoms with Crippen molar-refractivity contribution in [1.82, 2.24) is 0 Å². The van der Waals surface area contributed by atoms with Gasteiger partial charge in [0.2, 0.25) is 0 Å². The Balaban J connectivity index is 1.93. The number of rotatable bonds is 5. The van der Waals surface area contributed by atoms with Crippen LogP contribution in [0.3, 0.4) is 0 Å². The van der Waals surface area contributed by atoms with E-state index < -0.39 is 16.0 Å². The topological polar surface area (TPSA) is 54.4 Å². The lowest BCUT2D eigenvalue weighted by molar-refractivity contribution is 0.476. The highest BCUT2D eigenvalue weighted by molar-refractivity contribution is 7.72. The Kier molecular flexibility index (Phi) is 5.31. The van der Waals surface area contributed by atoms with Crippen LogP contribution in [0.15, 0.2) is 84.9 Å². The van der Waals surface area contributed by atoms with Gasteiger partial charge in [-0.25, -0.2) is 8.42 Å². The zero-order chi connectivity index (χ0) is 17.6. The average molecular weight is 350 g/mol. The summed E-state index contributed by atoms with van der Waals surface area (Å²) in [6, 6.07) is 24.0. The van der Waals surface area contributed by atoms with E-state index in [-0.39, 0.29) is 5.75 Å². The van der Waals surface area contributed by atoms with Crippen LogP contribution in [-0.2, 0) is 10.7 Å². The summed E-state index contributed by atoms with van der Waals surface area (Å²) in [7, 11) is -2.71. The molecule has 0 spiro atoms. The molecule has 3 rings (SSSR count). The monoisotopic (exact) mass is 350 g/mol. The molecule has 0 saturated carbocycles. The lowest BCUT2D eigenvalue weighted by atomic mass is 10.0. The number of thiol groups is 1. The smallest absolute Gasteiger partial charge is 0.150 e. The highest BCUT2D eigenvalue weighted by atomic mass is 32.2. The molecule has 0 aliphatic heterocycles. The lowest BCUT2D eigenvalue weighted by Crippen LogP contribution is -1.97. The average Bonchev–Trinajstić information content (AvgIpc) is 2.63. The summed E-state index contributed by atoms with van der Waals surface area (Å²) in [6.07, 6.45) is 3.41. The van der Waals surface area contributed by atoms with E-state index in [2.05, 4.69) is 0 Å². The Morgan fingerprint density at radius 3 is 2.08 bits per heavy atom. The summed E-state index contributed by atoms with van der Waals surface area (Å²) < 4.78 is 23.4. The van der Waals surface area contributed by atoms with E-state index in [0.29, 0.717) is 11.1 Å². The van der Waals surface area contributed by atoms with Crippen LogP contribution >= 0.6 is 0 Å². The quantitative estimate of drug-likeness (QED) is 0.670. The van der Waals surface area contributed by atoms with Gasteiger partial charge in [-0.3, -0.25) is 0 Å². The van der Waals surface area contributed by atoms with Crippen LogP contribution in [0.5, 0.6) is 5.75 Å². The maximum absolute atomic E-state index is 11.7. The summed E-state index contributed by atoms with van der Waals surface area (Å²) in [6.45, 7) is 0. The molecule has 3 nitrogen and oxygen atoms in total. The van der Waals surface area contributed by atoms with Crippen molar-refractivity contribution in [1.29, 1.82) is 0 Å². The molecular formula is C21H18O3S. The first kappa shape index (κ1) is 17.0. The van der Waals surface area contributed by atoms with Crippen molar-refractivity contribution in [2.75, 3.05) is 0 Å². The maximum Gasteiger partial charge on any atom is 0.150 e. The van der Waals surface area contributed by atoms with E-state index in [0.717, 1.165) is 11.1 Å². The molecule has 0 aliphatic rings. The molecule has 0 fully saturated rings. The molecule has 3 aromatic rings. The van der Waals surface area contributed by atoms with Gasteiger partial charge in [-0.05, 0) is 22.8 Å². The van der Waals surface area contributed by atoms with Gasteiger partial charge in [0.1, 0.15) is 11.0 Å². The minimum absolute atomic E-state index is 0.0682. The molecule has 1 atom stereocenters. The number of benzene rings is 3. The standard InChI is InChI=1S/C21H18O3S/c22-20-15-18(12-13-19(20)17-9-5-2-6-10-17)21(25(23)24)14-11-16-7-3-1-4-8-16/h1-15,21-22,25H. The SMILES string of the molecule is O=[SH](=O)C(C=Cc1ccccc1)c1ccc(-c2ccccc2)c(O)c1. The van der Waals surface area contributed by atoms with Crippen molar-refractivity contribution < 1.29 is 13.5 Å². The Bertz CT molecular complexity index is 937. The van der Waals surface area contributed by atoms with Gasteiger partial charge in [0.05, 0.1) is 0 Å². The van der Waals surface area contributed by atoms with Crippen molar-refractivity contribution in [3.05, 3.63) is 96.1 Å². The van der Waals surface area contributed by atoms with Gasteiger partial charge in [0.25, 0.3) is 0 Å². The van der Waals surface area contributed by atoms with Crippen molar-refractivity contribution in [2.24, 2.45) is 0 Å². The van der Waals surface area contributed by atoms with E-state index in [1.807, 2.05) is 60.7 Å². The van der Waals surface area contributed by atoms with E-state index in [1.54, 1.807) is 24.3 Å². The largest absolute Gasteiger partial charge is 0.507 e. The second-order valence-corrected chi connectivity index (χ2v) is 6.77. The molecule has 0 amide bonds. The lowest BCUT2D eigenvalue weighted by Gasteiger charge is -2.10. The molecule has 1 N–H and O–H groups in total. The van der Waals surface area contributed by atoms with Crippen LogP contribution < -0.4 is 0 Å². The predicted molar refractivity (Wildman–Crippen MR) is 102 cm³/mol. The molecule has 0 saturated heterocycles. The van der Waals surface area contributed by atoms with Crippen molar-refractivity contribution in [2.45, 2.75) is 5.25 Å². The third kappa shape index (κ3) is 4.17. The van der Waals surface area contributed by atoms with Gasteiger partial charge < -0.3 is 5.11 Å². The van der Waals surface area contributed by atoms with Gasteiger partial charge in [-0.1, -0.05) is 84.9 Å². The molecule has 0 aliphatic carbocycles. The molecule has 3 aromatic carbocycles. The van der Waals surface area contributed by atoms with Gasteiger partial charge in [0.15, 0.2) is 10.7 Å². The fourth-order valence-electron chi connectivity index (χ4n) is 2.66. The molecule has 0 aromatic heterocycles. The van der Waals surface area contributed by atoms with Gasteiger partial charge in [0, 0.05) is 5.56 Å². The second kappa shape index (κ2) is 7.81. The first-order chi connectivity index (χ1) is 12.1. The molecule has 4 heteroatoms. The minimum atomic E-state index is -2.71. The van der Waals surface area contributed by atoms with Crippen LogP contribution in [0.1, 0.15) is 16.4 Å². The van der Waals surface area contributed by atoms with E-state index in [9.17, 15) is 13.5 Å². The number of phenols is 1. The summed E-state index contributed by atoms with van der Waals surface area (Å²) in [5, 5.41) is 9.55. The zero-order valence-corrected chi connectivity index (χ0v) is 14.3. The molecule has 0 heterocycles. The molecule has 1 unspecified atom stereocenters. The van der Waals surface area contributed by atoms with E-state index >= 15 is 0 Å². The Morgan fingerprint density at radius 1 is 0.840 bits per heavy atom. The molecule has 25 heavy (non-hydrogen) atoms. The molecule has 126 valence electrons. The summed E-state index contributed by atoms with van der Waals surface area (Å²) in [4.78, 5) is 0. The number of hydrogen-bond acceptors (Lipinski definition) is 3. The predicted octanol–water partition coefficient (Wildman–Crippen LogP) is 4.43. The Hall–Kier alpha value is -2.85. The summed E-state index contributed by atoms with van der Waals surface area (Å²) in [5.41, 5.74) is 3.03. The van der Waals surface area contributed by atoms with E-state index in [4.69, 9.17) is 0 Å². The minimum Gasteiger partial charge on any atom is -0.507 e. The van der Waals surface area contributed by atoms with Crippen LogP contribution in [-0.4, -0.2) is 13.5 Å². The van der Waals surface area contributed by atoms with Crippen LogP contribution in [0, 0.1) is 0 Å². The number of aromatic hydroxyl groups is 1. The summed E-state index contributed by atoms with van der Waals surface area (Å²) >= 11 is 0. The summed E-state index contributed by atoms with van der Waals surface area (Å²) in [5.74, 6) is 0.0682. The molecule has 0 bridgehead atoms. The first-order valence-corrected chi connectivity index (χ1v) is 9.15. The van der Waals surface area contributed by atoms with Crippen molar-refractivity contribution >= 4 is 16.8 Å². The highest BCUT2D eigenvalue weighted by Crippen LogP contribution is 2.32. The van der Waals surface area contributed by atoms with Crippen LogP contribution in [0.4, 0.5) is 0 Å². The van der Waals surface area contributed by atoms with E-state index in [1.165, 1.54) is 6.07 Å². The number of hydrogen-bond donors (Lipinski definition) is 2. The Morgan fingerprint density at radius 2 is 1.48 bits per heavy atom. The van der Waals surface area contributed by atoms with Crippen molar-refractivity contribution in [3.8, 4) is 16.9 Å². The molecular weight excluding hydrogens is 332 g/mol. The first-order valence-electron chi connectivity index (χ1n) is 7.90. The van der Waals surface area contributed by atoms with Crippen LogP contribution in [0.2, 0.25) is 0 Å². The van der Waals surface area contributed by atoms with Gasteiger partial charge in [-0.15, -0.1) is 0 Å². The Labute approximate surface area is 148 Å². The normalized spacial score (nSPS) is 12.5. The van der Waals surface area contributed by atoms with Crippen molar-refractivity contribution in [3.63, 3.8) is 0 Å². The fraction of sp³-hybridized carbons (Fsp3) is 0.0476. The van der Waals surface area contributed by atoms with Gasteiger partial charge >= 0.3 is 0 Å². The maximum atomic E-state index is 11.7. The third-order valence-corrected chi connectivity index (χ3v) is 4.87. The fourth-order valence-corrected chi connectivity index (χ4v) is 3.29. The molecule has 0 radical (unpaired) electrons. The highest BCUT2D eigenvalue weighted by Gasteiger charge is 2.14. The third-order valence-electron chi connectivity index (χ3n) is 3.95. The van der Waals surface area contributed by atoms with Gasteiger partial charge in [-0.2, -0.15) is 0 Å². The number of phenolic OH excluding ortho intramolecular Hbond substituents is 1.